The van der Waals surface area contributed by atoms with Crippen LogP contribution in [-0.2, 0) is 20.7 Å². The molecule has 0 unspecified atom stereocenters. The summed E-state index contributed by atoms with van der Waals surface area (Å²) in [4.78, 5) is 30.0. The molecule has 3 rings (SSSR count). The summed E-state index contributed by atoms with van der Waals surface area (Å²) in [6.45, 7) is 9.69. The second-order valence-electron chi connectivity index (χ2n) is 9.29. The Hall–Kier alpha value is -2.35. The number of Topliss-reactive ketones (excluding diaryl/α,β-unsaturated/α-hetero) is 1. The molecule has 0 aliphatic carbocycles. The molecule has 0 amide bonds. The van der Waals surface area contributed by atoms with E-state index < -0.39 is 18.2 Å². The SMILES string of the molecule is CCCN(CCCC(=O)C1=C(C)C(=O)OC12CCN(CC)CC2)c1ccc(CC(F)(F)F)cc1. The second kappa shape index (κ2) is 10.9. The zero-order chi connectivity index (χ0) is 24.9. The summed E-state index contributed by atoms with van der Waals surface area (Å²) in [5, 5.41) is 0. The molecule has 2 aliphatic heterocycles. The molecule has 2 heterocycles. The number of alkyl halides is 3. The summed E-state index contributed by atoms with van der Waals surface area (Å²) in [5.41, 5.74) is 1.27. The van der Waals surface area contributed by atoms with Crippen molar-refractivity contribution in [2.24, 2.45) is 0 Å². The van der Waals surface area contributed by atoms with Gasteiger partial charge in [0.25, 0.3) is 0 Å². The lowest BCUT2D eigenvalue weighted by Gasteiger charge is -2.39. The number of ketones is 1. The van der Waals surface area contributed by atoms with Gasteiger partial charge in [0.15, 0.2) is 5.78 Å². The van der Waals surface area contributed by atoms with E-state index in [1.165, 1.54) is 12.1 Å². The molecule has 1 aromatic rings. The summed E-state index contributed by atoms with van der Waals surface area (Å²) in [7, 11) is 0. The van der Waals surface area contributed by atoms with E-state index in [1.807, 2.05) is 6.92 Å². The fourth-order valence-electron chi connectivity index (χ4n) is 5.05. The van der Waals surface area contributed by atoms with Crippen LogP contribution in [0.2, 0.25) is 0 Å². The quantitative estimate of drug-likeness (QED) is 0.437. The van der Waals surface area contributed by atoms with Gasteiger partial charge in [0, 0.05) is 62.3 Å². The molecule has 0 saturated carbocycles. The Labute approximate surface area is 199 Å². The number of ether oxygens (including phenoxy) is 1. The molecule has 0 bridgehead atoms. The molecule has 1 fully saturated rings. The molecule has 5 nitrogen and oxygen atoms in total. The molecule has 2 aliphatic rings. The number of anilines is 1. The number of hydrogen-bond donors (Lipinski definition) is 0. The van der Waals surface area contributed by atoms with Gasteiger partial charge in [-0.1, -0.05) is 26.0 Å². The monoisotopic (exact) mass is 480 g/mol. The third-order valence-electron chi connectivity index (χ3n) is 6.85. The number of halogens is 3. The highest BCUT2D eigenvalue weighted by molar-refractivity contribution is 6.08. The molecular weight excluding hydrogens is 445 g/mol. The number of piperidine rings is 1. The van der Waals surface area contributed by atoms with E-state index in [9.17, 15) is 22.8 Å². The van der Waals surface area contributed by atoms with E-state index in [2.05, 4.69) is 16.7 Å². The minimum atomic E-state index is -4.23. The lowest BCUT2D eigenvalue weighted by atomic mass is 9.80. The molecule has 188 valence electrons. The van der Waals surface area contributed by atoms with Crippen molar-refractivity contribution in [1.82, 2.24) is 4.90 Å². The molecule has 1 saturated heterocycles. The normalized spacial score (nSPS) is 18.5. The summed E-state index contributed by atoms with van der Waals surface area (Å²) in [5.74, 6) is -0.426. The van der Waals surface area contributed by atoms with Crippen molar-refractivity contribution in [2.45, 2.75) is 71.1 Å². The average Bonchev–Trinajstić information content (AvgIpc) is 3.02. The lowest BCUT2D eigenvalue weighted by Crippen LogP contribution is -2.47. The first-order valence-electron chi connectivity index (χ1n) is 12.2. The van der Waals surface area contributed by atoms with Gasteiger partial charge in [-0.05, 0) is 44.0 Å². The zero-order valence-electron chi connectivity index (χ0n) is 20.3. The Morgan fingerprint density at radius 2 is 1.76 bits per heavy atom. The smallest absolute Gasteiger partial charge is 0.393 e. The van der Waals surface area contributed by atoms with E-state index in [-0.39, 0.29) is 17.3 Å². The van der Waals surface area contributed by atoms with E-state index >= 15 is 0 Å². The van der Waals surface area contributed by atoms with Crippen LogP contribution in [0.3, 0.4) is 0 Å². The first-order valence-corrected chi connectivity index (χ1v) is 12.2. The first-order chi connectivity index (χ1) is 16.1. The van der Waals surface area contributed by atoms with Crippen molar-refractivity contribution >= 4 is 17.4 Å². The molecule has 1 spiro atoms. The van der Waals surface area contributed by atoms with Crippen molar-refractivity contribution in [2.75, 3.05) is 37.6 Å². The Bertz CT molecular complexity index is 901. The maximum absolute atomic E-state index is 13.3. The number of nitrogens with zero attached hydrogens (tertiary/aromatic N) is 2. The predicted molar refractivity (Wildman–Crippen MR) is 126 cm³/mol. The summed E-state index contributed by atoms with van der Waals surface area (Å²) in [6.07, 6.45) is -2.13. The third-order valence-corrected chi connectivity index (χ3v) is 6.85. The Kier molecular flexibility index (Phi) is 8.44. The van der Waals surface area contributed by atoms with Gasteiger partial charge in [0.2, 0.25) is 0 Å². The molecule has 34 heavy (non-hydrogen) atoms. The maximum Gasteiger partial charge on any atom is 0.393 e. The van der Waals surface area contributed by atoms with Gasteiger partial charge >= 0.3 is 12.1 Å². The van der Waals surface area contributed by atoms with Crippen LogP contribution in [0.15, 0.2) is 35.4 Å². The number of benzene rings is 1. The van der Waals surface area contributed by atoms with Gasteiger partial charge in [0.05, 0.1) is 6.42 Å². The number of esters is 1. The fraction of sp³-hybridized carbons (Fsp3) is 0.615. The number of carbonyl (C=O) groups excluding carboxylic acids is 2. The highest BCUT2D eigenvalue weighted by Gasteiger charge is 2.50. The highest BCUT2D eigenvalue weighted by atomic mass is 19.4. The zero-order valence-corrected chi connectivity index (χ0v) is 20.3. The molecule has 8 heteroatoms. The first kappa shape index (κ1) is 26.3. The standard InChI is InChI=1S/C26H35F3N2O3/c1-4-14-31(21-10-8-20(9-11-21)18-26(27,28)29)15-6-7-22(32)23-19(3)24(33)34-25(23)12-16-30(5-2)17-13-25/h8-11H,4-7,12-18H2,1-3H3. The van der Waals surface area contributed by atoms with Crippen LogP contribution in [0.1, 0.15) is 58.4 Å². The highest BCUT2D eigenvalue weighted by Crippen LogP contribution is 2.42. The number of hydrogen-bond acceptors (Lipinski definition) is 5. The fourth-order valence-corrected chi connectivity index (χ4v) is 5.05. The van der Waals surface area contributed by atoms with E-state index in [4.69, 9.17) is 4.74 Å². The number of likely N-dealkylation sites (tertiary alicyclic amines) is 1. The largest absolute Gasteiger partial charge is 0.451 e. The minimum absolute atomic E-state index is 0.0368. The van der Waals surface area contributed by atoms with Crippen molar-refractivity contribution in [3.8, 4) is 0 Å². The van der Waals surface area contributed by atoms with Crippen LogP contribution < -0.4 is 4.90 Å². The van der Waals surface area contributed by atoms with Crippen LogP contribution in [0.25, 0.3) is 0 Å². The topological polar surface area (TPSA) is 49.9 Å². The second-order valence-corrected chi connectivity index (χ2v) is 9.29. The maximum atomic E-state index is 13.3. The van der Waals surface area contributed by atoms with E-state index in [0.717, 1.165) is 38.3 Å². The van der Waals surface area contributed by atoms with E-state index in [1.54, 1.807) is 19.1 Å². The van der Waals surface area contributed by atoms with Gasteiger partial charge in [-0.25, -0.2) is 4.79 Å². The summed E-state index contributed by atoms with van der Waals surface area (Å²) < 4.78 is 43.7. The number of rotatable bonds is 10. The van der Waals surface area contributed by atoms with Gasteiger partial charge in [0.1, 0.15) is 5.60 Å². The van der Waals surface area contributed by atoms with Crippen molar-refractivity contribution in [3.05, 3.63) is 41.0 Å². The average molecular weight is 481 g/mol. The summed E-state index contributed by atoms with van der Waals surface area (Å²) in [6, 6.07) is 6.45. The van der Waals surface area contributed by atoms with Crippen LogP contribution in [-0.4, -0.2) is 61.2 Å². The molecule has 1 aromatic carbocycles. The van der Waals surface area contributed by atoms with Gasteiger partial charge in [-0.15, -0.1) is 0 Å². The molecule has 0 radical (unpaired) electrons. The van der Waals surface area contributed by atoms with Crippen LogP contribution >= 0.6 is 0 Å². The van der Waals surface area contributed by atoms with Crippen LogP contribution in [0.5, 0.6) is 0 Å². The van der Waals surface area contributed by atoms with Crippen LogP contribution in [0.4, 0.5) is 18.9 Å². The molecular formula is C26H35F3N2O3. The molecule has 0 atom stereocenters. The number of carbonyl (C=O) groups is 2. The predicted octanol–water partition coefficient (Wildman–Crippen LogP) is 5.08. The van der Waals surface area contributed by atoms with Crippen molar-refractivity contribution in [1.29, 1.82) is 0 Å². The Balaban J connectivity index is 1.63. The lowest BCUT2D eigenvalue weighted by molar-refractivity contribution is -0.150. The van der Waals surface area contributed by atoms with Crippen molar-refractivity contribution in [3.63, 3.8) is 0 Å². The van der Waals surface area contributed by atoms with Gasteiger partial charge < -0.3 is 14.5 Å². The molecule has 0 aromatic heterocycles. The van der Waals surface area contributed by atoms with E-state index in [0.29, 0.717) is 43.4 Å². The van der Waals surface area contributed by atoms with Crippen molar-refractivity contribution < 1.29 is 27.5 Å². The van der Waals surface area contributed by atoms with Gasteiger partial charge in [-0.2, -0.15) is 13.2 Å². The molecule has 0 N–H and O–H groups in total. The minimum Gasteiger partial charge on any atom is -0.451 e. The van der Waals surface area contributed by atoms with Gasteiger partial charge in [-0.3, -0.25) is 4.79 Å². The third kappa shape index (κ3) is 6.20. The Morgan fingerprint density at radius 1 is 1.12 bits per heavy atom. The summed E-state index contributed by atoms with van der Waals surface area (Å²) >= 11 is 0. The Morgan fingerprint density at radius 3 is 2.32 bits per heavy atom. The van der Waals surface area contributed by atoms with Crippen LogP contribution in [0, 0.1) is 0 Å².